The van der Waals surface area contributed by atoms with Gasteiger partial charge in [-0.25, -0.2) is 0 Å². The summed E-state index contributed by atoms with van der Waals surface area (Å²) in [5.41, 5.74) is 4.92. The molecule has 2 aliphatic rings. The van der Waals surface area contributed by atoms with E-state index in [9.17, 15) is 5.26 Å². The summed E-state index contributed by atoms with van der Waals surface area (Å²) in [5, 5.41) is 13.0. The standard InChI is InChI=1S/C18H25N3/c1-3-7-21(8-4-2)15-9-14-12-20-17-6-5-13(11-19)16(10-15)18(14)17/h5-6,14-15,20H,3-4,7-10,12H2,1-2H3/t14-,15-/m0/s1. The summed E-state index contributed by atoms with van der Waals surface area (Å²) < 4.78 is 0. The first-order valence-electron chi connectivity index (χ1n) is 8.32. The Kier molecular flexibility index (Phi) is 4.17. The molecule has 3 heteroatoms. The number of anilines is 1. The van der Waals surface area contributed by atoms with Crippen molar-refractivity contribution in [2.75, 3.05) is 25.0 Å². The van der Waals surface area contributed by atoms with E-state index in [1.165, 1.54) is 49.2 Å². The smallest absolute Gasteiger partial charge is 0.0994 e. The topological polar surface area (TPSA) is 39.1 Å². The Bertz CT molecular complexity index is 552. The van der Waals surface area contributed by atoms with Crippen LogP contribution in [0.2, 0.25) is 0 Å². The van der Waals surface area contributed by atoms with Gasteiger partial charge in [0.05, 0.1) is 11.6 Å². The highest BCUT2D eigenvalue weighted by Gasteiger charge is 2.36. The highest BCUT2D eigenvalue weighted by molar-refractivity contribution is 5.65. The fourth-order valence-corrected chi connectivity index (χ4v) is 4.12. The number of nitriles is 1. The minimum atomic E-state index is 0.596. The predicted molar refractivity (Wildman–Crippen MR) is 86.7 cm³/mol. The number of nitrogens with one attached hydrogen (secondary N) is 1. The van der Waals surface area contributed by atoms with Crippen LogP contribution in [0.4, 0.5) is 5.69 Å². The van der Waals surface area contributed by atoms with E-state index in [1.807, 2.05) is 6.07 Å². The van der Waals surface area contributed by atoms with Crippen molar-refractivity contribution in [3.63, 3.8) is 0 Å². The van der Waals surface area contributed by atoms with Crippen molar-refractivity contribution in [1.82, 2.24) is 4.90 Å². The fourth-order valence-electron chi connectivity index (χ4n) is 4.12. The Hall–Kier alpha value is -1.53. The third-order valence-corrected chi connectivity index (χ3v) is 4.96. The fraction of sp³-hybridized carbons (Fsp3) is 0.611. The van der Waals surface area contributed by atoms with Gasteiger partial charge < -0.3 is 10.2 Å². The number of benzene rings is 1. The minimum absolute atomic E-state index is 0.596. The maximum absolute atomic E-state index is 9.44. The van der Waals surface area contributed by atoms with Gasteiger partial charge in [-0.3, -0.25) is 0 Å². The molecule has 21 heavy (non-hydrogen) atoms. The Morgan fingerprint density at radius 3 is 2.71 bits per heavy atom. The quantitative estimate of drug-likeness (QED) is 0.899. The first-order valence-corrected chi connectivity index (χ1v) is 8.32. The van der Waals surface area contributed by atoms with Crippen LogP contribution in [0, 0.1) is 11.3 Å². The van der Waals surface area contributed by atoms with Crippen LogP contribution in [0.1, 0.15) is 55.7 Å². The van der Waals surface area contributed by atoms with Crippen LogP contribution in [0.3, 0.4) is 0 Å². The average Bonchev–Trinajstić information content (AvgIpc) is 2.92. The third kappa shape index (κ3) is 2.53. The van der Waals surface area contributed by atoms with E-state index in [2.05, 4.69) is 36.2 Å². The van der Waals surface area contributed by atoms with Crippen LogP contribution in [-0.2, 0) is 6.42 Å². The second kappa shape index (κ2) is 6.07. The van der Waals surface area contributed by atoms with Crippen LogP contribution >= 0.6 is 0 Å². The molecule has 1 aromatic rings. The van der Waals surface area contributed by atoms with E-state index in [4.69, 9.17) is 0 Å². The van der Waals surface area contributed by atoms with Gasteiger partial charge in [0.15, 0.2) is 0 Å². The lowest BCUT2D eigenvalue weighted by molar-refractivity contribution is 0.172. The molecule has 3 rings (SSSR count). The maximum Gasteiger partial charge on any atom is 0.0994 e. The molecule has 0 fully saturated rings. The zero-order chi connectivity index (χ0) is 14.8. The first kappa shape index (κ1) is 14.4. The van der Waals surface area contributed by atoms with Crippen LogP contribution < -0.4 is 5.32 Å². The maximum atomic E-state index is 9.44. The SMILES string of the molecule is CCCN(CCC)[C@@H]1Cc2c(C#N)ccc3c2[C@H](CN3)C1. The summed E-state index contributed by atoms with van der Waals surface area (Å²) in [6.07, 6.45) is 4.70. The van der Waals surface area contributed by atoms with Crippen molar-refractivity contribution in [3.8, 4) is 6.07 Å². The molecule has 0 bridgehead atoms. The van der Waals surface area contributed by atoms with Crippen LogP contribution in [-0.4, -0.2) is 30.6 Å². The normalized spacial score (nSPS) is 22.8. The summed E-state index contributed by atoms with van der Waals surface area (Å²) in [5.74, 6) is 0.596. The molecule has 0 aromatic heterocycles. The Morgan fingerprint density at radius 2 is 2.05 bits per heavy atom. The Balaban J connectivity index is 1.92. The van der Waals surface area contributed by atoms with Crippen LogP contribution in [0.25, 0.3) is 0 Å². The zero-order valence-corrected chi connectivity index (χ0v) is 13.2. The van der Waals surface area contributed by atoms with Crippen molar-refractivity contribution in [2.24, 2.45) is 0 Å². The molecule has 0 saturated carbocycles. The largest absolute Gasteiger partial charge is 0.384 e. The molecule has 112 valence electrons. The van der Waals surface area contributed by atoms with Gasteiger partial charge in [-0.2, -0.15) is 5.26 Å². The third-order valence-electron chi connectivity index (χ3n) is 4.96. The molecule has 0 spiro atoms. The summed E-state index contributed by atoms with van der Waals surface area (Å²) in [6, 6.07) is 7.10. The number of nitrogens with zero attached hydrogens (tertiary/aromatic N) is 2. The zero-order valence-electron chi connectivity index (χ0n) is 13.2. The van der Waals surface area contributed by atoms with E-state index in [1.54, 1.807) is 0 Å². The predicted octanol–water partition coefficient (Wildman–Crippen LogP) is 3.50. The first-order chi connectivity index (χ1) is 10.3. The summed E-state index contributed by atoms with van der Waals surface area (Å²) >= 11 is 0. The van der Waals surface area contributed by atoms with Crippen molar-refractivity contribution >= 4 is 5.69 Å². The number of rotatable bonds is 5. The average molecular weight is 283 g/mol. The molecule has 1 heterocycles. The van der Waals surface area contributed by atoms with Gasteiger partial charge in [0.25, 0.3) is 0 Å². The monoisotopic (exact) mass is 283 g/mol. The van der Waals surface area contributed by atoms with Crippen LogP contribution in [0.5, 0.6) is 0 Å². The van der Waals surface area contributed by atoms with Crippen molar-refractivity contribution < 1.29 is 0 Å². The lowest BCUT2D eigenvalue weighted by atomic mass is 9.78. The lowest BCUT2D eigenvalue weighted by Gasteiger charge is -2.37. The molecule has 0 radical (unpaired) electrons. The highest BCUT2D eigenvalue weighted by Crippen LogP contribution is 2.43. The molecule has 3 nitrogen and oxygen atoms in total. The van der Waals surface area contributed by atoms with Gasteiger partial charge in [-0.1, -0.05) is 13.8 Å². The molecule has 1 N–H and O–H groups in total. The van der Waals surface area contributed by atoms with E-state index in [0.29, 0.717) is 12.0 Å². The number of hydrogen-bond donors (Lipinski definition) is 1. The molecule has 1 aliphatic heterocycles. The summed E-state index contributed by atoms with van der Waals surface area (Å²) in [4.78, 5) is 2.65. The van der Waals surface area contributed by atoms with Crippen molar-refractivity contribution in [3.05, 3.63) is 28.8 Å². The van der Waals surface area contributed by atoms with E-state index < -0.39 is 0 Å². The number of hydrogen-bond acceptors (Lipinski definition) is 3. The molecular weight excluding hydrogens is 258 g/mol. The molecule has 2 atom stereocenters. The van der Waals surface area contributed by atoms with Gasteiger partial charge in [0, 0.05) is 24.2 Å². The summed E-state index contributed by atoms with van der Waals surface area (Å²) in [7, 11) is 0. The van der Waals surface area contributed by atoms with E-state index in [0.717, 1.165) is 18.5 Å². The lowest BCUT2D eigenvalue weighted by Crippen LogP contribution is -2.41. The van der Waals surface area contributed by atoms with Gasteiger partial charge in [-0.15, -0.1) is 0 Å². The van der Waals surface area contributed by atoms with E-state index >= 15 is 0 Å². The second-order valence-electron chi connectivity index (χ2n) is 6.37. The van der Waals surface area contributed by atoms with Crippen LogP contribution in [0.15, 0.2) is 12.1 Å². The van der Waals surface area contributed by atoms with Gasteiger partial charge >= 0.3 is 0 Å². The molecule has 0 saturated heterocycles. The van der Waals surface area contributed by atoms with Gasteiger partial charge in [0.2, 0.25) is 0 Å². The minimum Gasteiger partial charge on any atom is -0.384 e. The molecule has 1 aromatic carbocycles. The van der Waals surface area contributed by atoms with Crippen molar-refractivity contribution in [2.45, 2.75) is 51.5 Å². The Morgan fingerprint density at radius 1 is 1.29 bits per heavy atom. The van der Waals surface area contributed by atoms with Gasteiger partial charge in [-0.05, 0) is 62.0 Å². The molecule has 0 amide bonds. The van der Waals surface area contributed by atoms with Gasteiger partial charge in [0.1, 0.15) is 0 Å². The summed E-state index contributed by atoms with van der Waals surface area (Å²) in [6.45, 7) is 7.91. The van der Waals surface area contributed by atoms with E-state index in [-0.39, 0.29) is 0 Å². The second-order valence-corrected chi connectivity index (χ2v) is 6.37. The molecule has 0 unspecified atom stereocenters. The van der Waals surface area contributed by atoms with Crippen molar-refractivity contribution in [1.29, 1.82) is 5.26 Å². The molecule has 1 aliphatic carbocycles. The highest BCUT2D eigenvalue weighted by atomic mass is 15.2. The Labute approximate surface area is 128 Å². The molecular formula is C18H25N3.